The van der Waals surface area contributed by atoms with Crippen molar-refractivity contribution >= 4 is 50.0 Å². The SMILES string of the molecule is Cc1cc(I)ccc1NC(=O)/C(C#N)=C\Nc1cccc(S(=O)(=O)O)c1. The molecule has 0 atom stereocenters. The van der Waals surface area contributed by atoms with Crippen LogP contribution in [0.15, 0.2) is 59.1 Å². The predicted molar refractivity (Wildman–Crippen MR) is 106 cm³/mol. The lowest BCUT2D eigenvalue weighted by molar-refractivity contribution is -0.112. The van der Waals surface area contributed by atoms with E-state index in [-0.39, 0.29) is 10.5 Å². The van der Waals surface area contributed by atoms with E-state index in [1.165, 1.54) is 30.5 Å². The summed E-state index contributed by atoms with van der Waals surface area (Å²) >= 11 is 2.16. The first-order chi connectivity index (χ1) is 12.2. The zero-order valence-electron chi connectivity index (χ0n) is 13.5. The number of anilines is 2. The molecule has 3 N–H and O–H groups in total. The highest BCUT2D eigenvalue weighted by Gasteiger charge is 2.12. The van der Waals surface area contributed by atoms with E-state index in [4.69, 9.17) is 4.55 Å². The molecule has 0 fully saturated rings. The maximum Gasteiger partial charge on any atom is 0.294 e. The van der Waals surface area contributed by atoms with Crippen LogP contribution < -0.4 is 10.6 Å². The quantitative estimate of drug-likeness (QED) is 0.260. The lowest BCUT2D eigenvalue weighted by Gasteiger charge is -2.08. The fraction of sp³-hybridized carbons (Fsp3) is 0.0588. The Labute approximate surface area is 164 Å². The third kappa shape index (κ3) is 5.29. The lowest BCUT2D eigenvalue weighted by atomic mass is 10.2. The molecule has 2 aromatic rings. The van der Waals surface area contributed by atoms with E-state index in [0.29, 0.717) is 11.4 Å². The molecule has 134 valence electrons. The van der Waals surface area contributed by atoms with Gasteiger partial charge in [0.15, 0.2) is 0 Å². The number of hydrogen-bond acceptors (Lipinski definition) is 5. The van der Waals surface area contributed by atoms with Crippen molar-refractivity contribution in [3.05, 3.63) is 63.4 Å². The number of hydrogen-bond donors (Lipinski definition) is 3. The van der Waals surface area contributed by atoms with Crippen LogP contribution in [0.1, 0.15) is 5.56 Å². The molecule has 0 saturated carbocycles. The molecule has 7 nitrogen and oxygen atoms in total. The summed E-state index contributed by atoms with van der Waals surface area (Å²) in [5.74, 6) is -0.602. The van der Waals surface area contributed by atoms with E-state index in [9.17, 15) is 18.5 Å². The van der Waals surface area contributed by atoms with Crippen LogP contribution in [-0.2, 0) is 14.9 Å². The Hall–Kier alpha value is -2.42. The molecular weight excluding hydrogens is 469 g/mol. The Morgan fingerprint density at radius 3 is 2.62 bits per heavy atom. The van der Waals surface area contributed by atoms with Crippen molar-refractivity contribution in [3.63, 3.8) is 0 Å². The number of amides is 1. The first-order valence-electron chi connectivity index (χ1n) is 7.22. The zero-order chi connectivity index (χ0) is 19.3. The molecule has 0 unspecified atom stereocenters. The van der Waals surface area contributed by atoms with Gasteiger partial charge >= 0.3 is 0 Å². The standard InChI is InChI=1S/C17H14IN3O4S/c1-11-7-13(18)5-6-16(11)21-17(22)12(9-19)10-20-14-3-2-4-15(8-14)26(23,24)25/h2-8,10,20H,1H3,(H,21,22)(H,23,24,25)/b12-10-. The zero-order valence-corrected chi connectivity index (χ0v) is 16.5. The summed E-state index contributed by atoms with van der Waals surface area (Å²) < 4.78 is 32.4. The summed E-state index contributed by atoms with van der Waals surface area (Å²) in [6, 6.07) is 12.6. The number of benzene rings is 2. The molecule has 9 heteroatoms. The summed E-state index contributed by atoms with van der Waals surface area (Å²) in [6.07, 6.45) is 1.17. The van der Waals surface area contributed by atoms with Gasteiger partial charge in [0.25, 0.3) is 16.0 Å². The fourth-order valence-corrected chi connectivity index (χ4v) is 3.18. The molecule has 2 rings (SSSR count). The van der Waals surface area contributed by atoms with Crippen LogP contribution in [0.4, 0.5) is 11.4 Å². The second-order valence-corrected chi connectivity index (χ2v) is 7.90. The van der Waals surface area contributed by atoms with E-state index in [1.54, 1.807) is 12.1 Å². The summed E-state index contributed by atoms with van der Waals surface area (Å²) in [6.45, 7) is 1.84. The van der Waals surface area contributed by atoms with Gasteiger partial charge in [0.2, 0.25) is 0 Å². The number of nitrogens with zero attached hydrogens (tertiary/aromatic N) is 1. The van der Waals surface area contributed by atoms with Crippen molar-refractivity contribution < 1.29 is 17.8 Å². The minimum Gasteiger partial charge on any atom is -0.360 e. The number of rotatable bonds is 5. The summed E-state index contributed by atoms with van der Waals surface area (Å²) in [7, 11) is -4.34. The van der Waals surface area contributed by atoms with Crippen LogP contribution in [0, 0.1) is 21.8 Å². The minimum absolute atomic E-state index is 0.194. The number of halogens is 1. The van der Waals surface area contributed by atoms with E-state index in [0.717, 1.165) is 9.13 Å². The Morgan fingerprint density at radius 2 is 2.00 bits per heavy atom. The third-order valence-electron chi connectivity index (χ3n) is 3.32. The maximum absolute atomic E-state index is 12.2. The Bertz CT molecular complexity index is 1030. The van der Waals surface area contributed by atoms with E-state index in [1.807, 2.05) is 19.1 Å². The summed E-state index contributed by atoms with van der Waals surface area (Å²) in [4.78, 5) is 12.0. The van der Waals surface area contributed by atoms with Crippen molar-refractivity contribution in [2.75, 3.05) is 10.6 Å². The van der Waals surface area contributed by atoms with Gasteiger partial charge in [-0.1, -0.05) is 6.07 Å². The summed E-state index contributed by atoms with van der Waals surface area (Å²) in [5, 5.41) is 14.5. The van der Waals surface area contributed by atoms with Gasteiger partial charge in [-0.2, -0.15) is 13.7 Å². The normalized spacial score (nSPS) is 11.5. The first-order valence-corrected chi connectivity index (χ1v) is 9.74. The molecule has 2 aromatic carbocycles. The average molecular weight is 483 g/mol. The van der Waals surface area contributed by atoms with Crippen molar-refractivity contribution in [3.8, 4) is 6.07 Å². The van der Waals surface area contributed by atoms with Gasteiger partial charge in [-0.25, -0.2) is 0 Å². The molecule has 0 aliphatic heterocycles. The topological polar surface area (TPSA) is 119 Å². The third-order valence-corrected chi connectivity index (χ3v) is 4.84. The number of carbonyl (C=O) groups excluding carboxylic acids is 1. The number of carbonyl (C=O) groups is 1. The van der Waals surface area contributed by atoms with Gasteiger partial charge in [0.05, 0.1) is 4.90 Å². The van der Waals surface area contributed by atoms with Gasteiger partial charge in [-0.05, 0) is 71.5 Å². The molecule has 1 amide bonds. The molecule has 0 bridgehead atoms. The van der Waals surface area contributed by atoms with Crippen molar-refractivity contribution in [2.45, 2.75) is 11.8 Å². The largest absolute Gasteiger partial charge is 0.360 e. The molecule has 0 aliphatic rings. The second kappa shape index (κ2) is 8.31. The first kappa shape index (κ1) is 19.9. The van der Waals surface area contributed by atoms with Gasteiger partial charge < -0.3 is 10.6 Å². The average Bonchev–Trinajstić information content (AvgIpc) is 2.57. The highest BCUT2D eigenvalue weighted by Crippen LogP contribution is 2.19. The van der Waals surface area contributed by atoms with Crippen LogP contribution >= 0.6 is 22.6 Å². The monoisotopic (exact) mass is 483 g/mol. The van der Waals surface area contributed by atoms with Gasteiger partial charge in [-0.15, -0.1) is 0 Å². The van der Waals surface area contributed by atoms with Crippen LogP contribution in [-0.4, -0.2) is 18.9 Å². The number of nitrogens with one attached hydrogen (secondary N) is 2. The van der Waals surface area contributed by atoms with Crippen LogP contribution in [0.3, 0.4) is 0 Å². The Kier molecular flexibility index (Phi) is 6.36. The molecular formula is C17H14IN3O4S. The predicted octanol–water partition coefficient (Wildman–Crippen LogP) is 3.30. The summed E-state index contributed by atoms with van der Waals surface area (Å²) in [5.41, 5.74) is 1.55. The van der Waals surface area contributed by atoms with Crippen molar-refractivity contribution in [2.24, 2.45) is 0 Å². The Balaban J connectivity index is 2.17. The molecule has 0 heterocycles. The molecule has 26 heavy (non-hydrogen) atoms. The fourth-order valence-electron chi connectivity index (χ4n) is 2.01. The molecule has 0 saturated heterocycles. The van der Waals surface area contributed by atoms with Gasteiger partial charge in [-0.3, -0.25) is 9.35 Å². The number of aryl methyl sites for hydroxylation is 1. The van der Waals surface area contributed by atoms with Crippen LogP contribution in [0.2, 0.25) is 0 Å². The second-order valence-electron chi connectivity index (χ2n) is 5.23. The van der Waals surface area contributed by atoms with Crippen LogP contribution in [0.5, 0.6) is 0 Å². The number of nitriles is 1. The highest BCUT2D eigenvalue weighted by atomic mass is 127. The molecule has 0 aromatic heterocycles. The highest BCUT2D eigenvalue weighted by molar-refractivity contribution is 14.1. The Morgan fingerprint density at radius 1 is 1.27 bits per heavy atom. The van der Waals surface area contributed by atoms with Gasteiger partial charge in [0, 0.05) is 21.1 Å². The molecule has 0 aliphatic carbocycles. The minimum atomic E-state index is -4.34. The van der Waals surface area contributed by atoms with Crippen LogP contribution in [0.25, 0.3) is 0 Å². The van der Waals surface area contributed by atoms with E-state index in [2.05, 4.69) is 33.2 Å². The van der Waals surface area contributed by atoms with Gasteiger partial charge in [0.1, 0.15) is 11.6 Å². The van der Waals surface area contributed by atoms with E-state index >= 15 is 0 Å². The smallest absolute Gasteiger partial charge is 0.294 e. The molecule has 0 spiro atoms. The van der Waals surface area contributed by atoms with Crippen molar-refractivity contribution in [1.82, 2.24) is 0 Å². The molecule has 0 radical (unpaired) electrons. The van der Waals surface area contributed by atoms with Crippen molar-refractivity contribution in [1.29, 1.82) is 5.26 Å². The lowest BCUT2D eigenvalue weighted by Crippen LogP contribution is -2.15. The maximum atomic E-state index is 12.2. The van der Waals surface area contributed by atoms with E-state index < -0.39 is 16.0 Å².